The quantitative estimate of drug-likeness (QED) is 0.492. The Morgan fingerprint density at radius 3 is 2.59 bits per heavy atom. The lowest BCUT2D eigenvalue weighted by atomic mass is 9.56. The van der Waals surface area contributed by atoms with Crippen molar-refractivity contribution in [1.29, 1.82) is 0 Å². The van der Waals surface area contributed by atoms with Gasteiger partial charge in [0.15, 0.2) is 0 Å². The molecule has 1 aromatic carbocycles. The van der Waals surface area contributed by atoms with Crippen LogP contribution in [0.2, 0.25) is 0 Å². The predicted octanol–water partition coefficient (Wildman–Crippen LogP) is 3.21. The highest BCUT2D eigenvalue weighted by molar-refractivity contribution is 5.95. The van der Waals surface area contributed by atoms with Gasteiger partial charge in [0.1, 0.15) is 5.75 Å². The molecule has 1 saturated carbocycles. The number of likely N-dealkylation sites (tertiary alicyclic amines) is 1. The Morgan fingerprint density at radius 1 is 1.25 bits per heavy atom. The van der Waals surface area contributed by atoms with Crippen molar-refractivity contribution < 1.29 is 19.8 Å². The molecule has 1 aromatic rings. The highest BCUT2D eigenvalue weighted by Crippen LogP contribution is 2.52. The average molecular weight is 446 g/mol. The Labute approximate surface area is 191 Å². The number of aromatic hydroxyl groups is 1. The number of nitrogens with one attached hydrogen (secondary N) is 2. The van der Waals surface area contributed by atoms with Crippen LogP contribution in [0.4, 0.5) is 4.79 Å². The van der Waals surface area contributed by atoms with E-state index in [2.05, 4.69) is 22.5 Å². The predicted molar refractivity (Wildman–Crippen MR) is 125 cm³/mol. The van der Waals surface area contributed by atoms with E-state index in [1.54, 1.807) is 19.1 Å². The number of aryl methyl sites for hydroxylation is 1. The molecule has 0 aromatic heterocycles. The molecular formula is C25H39N3O4. The lowest BCUT2D eigenvalue weighted by Gasteiger charge is -2.58. The van der Waals surface area contributed by atoms with Crippen molar-refractivity contribution >= 4 is 11.9 Å². The van der Waals surface area contributed by atoms with Gasteiger partial charge in [0.25, 0.3) is 0 Å². The van der Waals surface area contributed by atoms with E-state index in [0.29, 0.717) is 25.3 Å². The molecule has 32 heavy (non-hydrogen) atoms. The number of phenols is 1. The molecular weight excluding hydrogens is 406 g/mol. The van der Waals surface area contributed by atoms with Crippen LogP contribution in [0.1, 0.15) is 70.4 Å². The van der Waals surface area contributed by atoms with Crippen LogP contribution in [0, 0.1) is 12.8 Å². The molecule has 3 amide bonds. The largest absolute Gasteiger partial charge is 0.508 e. The molecule has 4 N–H and O–H groups in total. The lowest BCUT2D eigenvalue weighted by molar-refractivity contribution is -0.151. The summed E-state index contributed by atoms with van der Waals surface area (Å²) in [6.45, 7) is 9.99. The molecule has 3 rings (SSSR count). The van der Waals surface area contributed by atoms with Crippen LogP contribution in [0.3, 0.4) is 0 Å². The van der Waals surface area contributed by atoms with E-state index in [9.17, 15) is 19.8 Å². The average Bonchev–Trinajstić information content (AvgIpc) is 3.54. The number of hydrogen-bond donors (Lipinski definition) is 4. The van der Waals surface area contributed by atoms with Gasteiger partial charge in [0, 0.05) is 31.0 Å². The van der Waals surface area contributed by atoms with Crippen LogP contribution in [-0.2, 0) is 10.2 Å². The minimum atomic E-state index is -1.19. The molecule has 2 fully saturated rings. The Kier molecular flexibility index (Phi) is 7.50. The van der Waals surface area contributed by atoms with Gasteiger partial charge >= 0.3 is 6.03 Å². The van der Waals surface area contributed by atoms with Crippen molar-refractivity contribution in [3.63, 3.8) is 0 Å². The van der Waals surface area contributed by atoms with Crippen molar-refractivity contribution in [2.45, 2.75) is 83.3 Å². The van der Waals surface area contributed by atoms with Gasteiger partial charge in [0.2, 0.25) is 5.91 Å². The number of nitrogens with zero attached hydrogens (tertiary/aromatic N) is 1. The fourth-order valence-electron chi connectivity index (χ4n) is 5.64. The maximum absolute atomic E-state index is 13.1. The van der Waals surface area contributed by atoms with E-state index in [-0.39, 0.29) is 18.2 Å². The molecule has 7 heteroatoms. The zero-order valence-electron chi connectivity index (χ0n) is 19.9. The lowest BCUT2D eigenvalue weighted by Crippen LogP contribution is -2.69. The molecule has 3 unspecified atom stereocenters. The van der Waals surface area contributed by atoms with Crippen LogP contribution < -0.4 is 10.6 Å². The number of piperidine rings is 1. The third kappa shape index (κ3) is 4.79. The van der Waals surface area contributed by atoms with E-state index < -0.39 is 23.0 Å². The second kappa shape index (κ2) is 9.79. The number of urea groups is 1. The highest BCUT2D eigenvalue weighted by Gasteiger charge is 2.59. The van der Waals surface area contributed by atoms with Crippen molar-refractivity contribution in [2.75, 3.05) is 19.6 Å². The third-order valence-electron chi connectivity index (χ3n) is 7.50. The number of imide groups is 1. The fraction of sp³-hybridized carbons (Fsp3) is 0.680. The van der Waals surface area contributed by atoms with Crippen LogP contribution in [0.5, 0.6) is 5.75 Å². The van der Waals surface area contributed by atoms with Gasteiger partial charge in [-0.1, -0.05) is 19.4 Å². The monoisotopic (exact) mass is 445 g/mol. The normalized spacial score (nSPS) is 28.3. The number of aliphatic hydroxyl groups is 1. The summed E-state index contributed by atoms with van der Waals surface area (Å²) in [5, 5.41) is 27.7. The number of benzene rings is 1. The Balaban J connectivity index is 2.05. The number of carbonyl (C=O) groups is 2. The zero-order valence-corrected chi connectivity index (χ0v) is 19.9. The molecule has 1 saturated heterocycles. The summed E-state index contributed by atoms with van der Waals surface area (Å²) in [4.78, 5) is 27.5. The van der Waals surface area contributed by atoms with Gasteiger partial charge in [-0.25, -0.2) is 4.79 Å². The SMILES string of the molecule is CCCC1(O)C(C)N(CC2CC2)CCC1(CC(=O)NC(=O)NCC)c1cc(O)ccc1C. The molecule has 0 radical (unpaired) electrons. The number of phenolic OH excluding ortho intramolecular Hbond substituents is 1. The molecule has 1 aliphatic carbocycles. The first-order valence-corrected chi connectivity index (χ1v) is 12.0. The first-order valence-electron chi connectivity index (χ1n) is 12.0. The Morgan fingerprint density at radius 2 is 1.97 bits per heavy atom. The van der Waals surface area contributed by atoms with Crippen molar-refractivity contribution in [2.24, 2.45) is 5.92 Å². The summed E-state index contributed by atoms with van der Waals surface area (Å²) in [6.07, 6.45) is 4.32. The summed E-state index contributed by atoms with van der Waals surface area (Å²) in [5.41, 5.74) is -0.392. The standard InChI is InChI=1S/C25H39N3O4/c1-5-11-25(32)18(4)28(16-19-8-9-19)13-12-24(25,15-22(30)27-23(31)26-6-2)21-14-20(29)10-7-17(21)3/h7,10,14,18-19,29,32H,5-6,8-9,11-13,15-16H2,1-4H3,(H2,26,27,30,31). The van der Waals surface area contributed by atoms with E-state index in [1.165, 1.54) is 12.8 Å². The summed E-state index contributed by atoms with van der Waals surface area (Å²) >= 11 is 0. The second-order valence-electron chi connectivity index (χ2n) is 9.70. The minimum Gasteiger partial charge on any atom is -0.508 e. The summed E-state index contributed by atoms with van der Waals surface area (Å²) < 4.78 is 0. The first-order chi connectivity index (χ1) is 15.2. The van der Waals surface area contributed by atoms with Crippen LogP contribution in [-0.4, -0.2) is 58.3 Å². The van der Waals surface area contributed by atoms with Crippen LogP contribution in [0.25, 0.3) is 0 Å². The third-order valence-corrected chi connectivity index (χ3v) is 7.50. The molecule has 1 heterocycles. The summed E-state index contributed by atoms with van der Waals surface area (Å²) in [5.74, 6) is 0.386. The maximum Gasteiger partial charge on any atom is 0.321 e. The van der Waals surface area contributed by atoms with Crippen molar-refractivity contribution in [1.82, 2.24) is 15.5 Å². The molecule has 7 nitrogen and oxygen atoms in total. The molecule has 3 atom stereocenters. The van der Waals surface area contributed by atoms with E-state index in [1.807, 2.05) is 19.9 Å². The number of rotatable bonds is 8. The fourth-order valence-corrected chi connectivity index (χ4v) is 5.64. The second-order valence-corrected chi connectivity index (χ2v) is 9.70. The van der Waals surface area contributed by atoms with E-state index >= 15 is 0 Å². The maximum atomic E-state index is 13.1. The molecule has 0 spiro atoms. The van der Waals surface area contributed by atoms with Gasteiger partial charge in [-0.3, -0.25) is 15.0 Å². The molecule has 0 bridgehead atoms. The van der Waals surface area contributed by atoms with E-state index in [0.717, 1.165) is 30.6 Å². The number of carbonyl (C=O) groups excluding carboxylic acids is 2. The minimum absolute atomic E-state index is 0.0213. The zero-order chi connectivity index (χ0) is 23.5. The molecule has 178 valence electrons. The Bertz CT molecular complexity index is 840. The first kappa shape index (κ1) is 24.5. The summed E-state index contributed by atoms with van der Waals surface area (Å²) in [6, 6.07) is 4.47. The van der Waals surface area contributed by atoms with Gasteiger partial charge < -0.3 is 15.5 Å². The topological polar surface area (TPSA) is 102 Å². The van der Waals surface area contributed by atoms with Gasteiger partial charge in [-0.05, 0) is 82.2 Å². The van der Waals surface area contributed by atoms with Gasteiger partial charge in [-0.2, -0.15) is 0 Å². The number of hydrogen-bond acceptors (Lipinski definition) is 5. The van der Waals surface area contributed by atoms with Crippen LogP contribution in [0.15, 0.2) is 18.2 Å². The molecule has 2 aliphatic rings. The van der Waals surface area contributed by atoms with Gasteiger partial charge in [-0.15, -0.1) is 0 Å². The molecule has 1 aliphatic heterocycles. The summed E-state index contributed by atoms with van der Waals surface area (Å²) in [7, 11) is 0. The van der Waals surface area contributed by atoms with E-state index in [4.69, 9.17) is 0 Å². The van der Waals surface area contributed by atoms with Crippen LogP contribution >= 0.6 is 0 Å². The smallest absolute Gasteiger partial charge is 0.321 e. The van der Waals surface area contributed by atoms with Crippen molar-refractivity contribution in [3.05, 3.63) is 29.3 Å². The highest BCUT2D eigenvalue weighted by atomic mass is 16.3. The van der Waals surface area contributed by atoms with Gasteiger partial charge in [0.05, 0.1) is 5.60 Å². The Hall–Kier alpha value is -2.12. The van der Waals surface area contributed by atoms with Crippen molar-refractivity contribution in [3.8, 4) is 5.75 Å². The number of amides is 3.